The van der Waals surface area contributed by atoms with Gasteiger partial charge in [-0.15, -0.1) is 0 Å². The lowest BCUT2D eigenvalue weighted by Crippen LogP contribution is -2.54. The second-order valence-corrected chi connectivity index (χ2v) is 4.97. The maximum absolute atomic E-state index is 12.4. The van der Waals surface area contributed by atoms with Crippen molar-refractivity contribution in [2.24, 2.45) is 0 Å². The van der Waals surface area contributed by atoms with Crippen LogP contribution in [0.2, 0.25) is 0 Å². The number of halogens is 2. The Morgan fingerprint density at radius 2 is 2.00 bits per heavy atom. The number of nitrogens with one attached hydrogen (secondary N) is 1. The number of carbonyl (C=O) groups is 1. The molecule has 1 N–H and O–H groups in total. The lowest BCUT2D eigenvalue weighted by molar-refractivity contribution is -0.151. The van der Waals surface area contributed by atoms with Gasteiger partial charge in [0, 0.05) is 6.04 Å². The summed E-state index contributed by atoms with van der Waals surface area (Å²) in [5.41, 5.74) is -0.847. The molecule has 0 aromatic rings. The van der Waals surface area contributed by atoms with Gasteiger partial charge in [0.2, 0.25) is 0 Å². The summed E-state index contributed by atoms with van der Waals surface area (Å²) >= 11 is 0. The number of nitrogens with zero attached hydrogens (tertiary/aromatic N) is 1. The predicted molar refractivity (Wildman–Crippen MR) is 71.4 cm³/mol. The van der Waals surface area contributed by atoms with Gasteiger partial charge in [-0.3, -0.25) is 9.69 Å². The van der Waals surface area contributed by atoms with Crippen LogP contribution in [0.4, 0.5) is 8.78 Å². The van der Waals surface area contributed by atoms with Gasteiger partial charge >= 0.3 is 5.97 Å². The molecule has 114 valence electrons. The zero-order chi connectivity index (χ0) is 15.1. The Morgan fingerprint density at radius 1 is 1.42 bits per heavy atom. The monoisotopic (exact) mass is 280 g/mol. The first kappa shape index (κ1) is 18.2. The summed E-state index contributed by atoms with van der Waals surface area (Å²) in [4.78, 5) is 13.5. The third-order valence-electron chi connectivity index (χ3n) is 3.18. The van der Waals surface area contributed by atoms with E-state index in [1.807, 2.05) is 13.8 Å². The van der Waals surface area contributed by atoms with Crippen LogP contribution in [0.15, 0.2) is 0 Å². The van der Waals surface area contributed by atoms with Crippen LogP contribution in [0.25, 0.3) is 0 Å². The normalized spacial score (nSPS) is 16.5. The second kappa shape index (κ2) is 8.43. The number of hydrogen-bond acceptors (Lipinski definition) is 4. The number of hydrogen-bond donors (Lipinski definition) is 1. The number of ether oxygens (including phenoxy) is 1. The van der Waals surface area contributed by atoms with E-state index in [0.717, 1.165) is 0 Å². The van der Waals surface area contributed by atoms with Gasteiger partial charge in [-0.2, -0.15) is 0 Å². The predicted octanol–water partition coefficient (Wildman–Crippen LogP) is 1.89. The van der Waals surface area contributed by atoms with E-state index in [-0.39, 0.29) is 18.6 Å². The number of rotatable bonds is 9. The molecule has 2 unspecified atom stereocenters. The lowest BCUT2D eigenvalue weighted by Gasteiger charge is -2.34. The van der Waals surface area contributed by atoms with Crippen LogP contribution in [0.3, 0.4) is 0 Å². The molecule has 0 radical (unpaired) electrons. The van der Waals surface area contributed by atoms with E-state index in [2.05, 4.69) is 5.32 Å². The van der Waals surface area contributed by atoms with Gasteiger partial charge in [0.15, 0.2) is 0 Å². The van der Waals surface area contributed by atoms with Crippen LogP contribution in [0, 0.1) is 0 Å². The molecule has 0 aromatic heterocycles. The van der Waals surface area contributed by atoms with E-state index in [0.29, 0.717) is 19.6 Å². The van der Waals surface area contributed by atoms with Gasteiger partial charge < -0.3 is 10.1 Å². The van der Waals surface area contributed by atoms with Crippen molar-refractivity contribution in [2.45, 2.75) is 52.1 Å². The van der Waals surface area contributed by atoms with Crippen molar-refractivity contribution < 1.29 is 18.3 Å². The molecule has 0 aliphatic heterocycles. The van der Waals surface area contributed by atoms with E-state index in [4.69, 9.17) is 4.74 Å². The van der Waals surface area contributed by atoms with Gasteiger partial charge in [-0.05, 0) is 40.8 Å². The average Bonchev–Trinajstić information content (AvgIpc) is 2.28. The molecule has 0 saturated heterocycles. The van der Waals surface area contributed by atoms with Crippen LogP contribution in [-0.4, -0.2) is 55.6 Å². The fourth-order valence-corrected chi connectivity index (χ4v) is 2.05. The Balaban J connectivity index is 4.68. The highest BCUT2D eigenvalue weighted by atomic mass is 19.3. The van der Waals surface area contributed by atoms with E-state index in [9.17, 15) is 13.6 Å². The first-order valence-electron chi connectivity index (χ1n) is 6.67. The highest BCUT2D eigenvalue weighted by Gasteiger charge is 2.36. The molecule has 0 heterocycles. The summed E-state index contributed by atoms with van der Waals surface area (Å²) in [6, 6.07) is -0.151. The fourth-order valence-electron chi connectivity index (χ4n) is 2.05. The molecule has 0 aliphatic carbocycles. The number of alkyl halides is 2. The standard InChI is InChI=1S/C13H26F2N2O2/c1-6-16-13(4,12(18)19-7-2)8-10(3)17(5)9-11(14)15/h10-11,16H,6-9H2,1-5H3. The van der Waals surface area contributed by atoms with E-state index < -0.39 is 12.0 Å². The molecule has 19 heavy (non-hydrogen) atoms. The van der Waals surface area contributed by atoms with Crippen molar-refractivity contribution in [3.63, 3.8) is 0 Å². The van der Waals surface area contributed by atoms with Gasteiger partial charge in [-0.1, -0.05) is 6.92 Å². The Kier molecular flexibility index (Phi) is 8.09. The van der Waals surface area contributed by atoms with Crippen molar-refractivity contribution in [3.05, 3.63) is 0 Å². The molecule has 2 atom stereocenters. The quantitative estimate of drug-likeness (QED) is 0.655. The highest BCUT2D eigenvalue weighted by molar-refractivity contribution is 5.80. The molecule has 0 bridgehead atoms. The summed E-state index contributed by atoms with van der Waals surface area (Å²) in [7, 11) is 1.63. The summed E-state index contributed by atoms with van der Waals surface area (Å²) < 4.78 is 29.8. The van der Waals surface area contributed by atoms with E-state index in [1.54, 1.807) is 25.8 Å². The molecule has 0 amide bonds. The van der Waals surface area contributed by atoms with Crippen LogP contribution in [0.5, 0.6) is 0 Å². The SMILES string of the molecule is CCNC(C)(CC(C)N(C)CC(F)F)C(=O)OCC. The van der Waals surface area contributed by atoms with Gasteiger partial charge in [-0.25, -0.2) is 8.78 Å². The minimum absolute atomic E-state index is 0.151. The van der Waals surface area contributed by atoms with E-state index >= 15 is 0 Å². The van der Waals surface area contributed by atoms with Crippen molar-refractivity contribution >= 4 is 5.97 Å². The molecule has 0 aliphatic rings. The number of carbonyl (C=O) groups excluding carboxylic acids is 1. The van der Waals surface area contributed by atoms with E-state index in [1.165, 1.54) is 0 Å². The largest absolute Gasteiger partial charge is 0.465 e. The number of esters is 1. The molecule has 0 fully saturated rings. The Hall–Kier alpha value is -0.750. The average molecular weight is 280 g/mol. The summed E-state index contributed by atoms with van der Waals surface area (Å²) in [6.07, 6.45) is -1.96. The lowest BCUT2D eigenvalue weighted by atomic mass is 9.93. The Bertz CT molecular complexity index is 277. The second-order valence-electron chi connectivity index (χ2n) is 4.97. The van der Waals surface area contributed by atoms with Crippen LogP contribution < -0.4 is 5.32 Å². The molecular weight excluding hydrogens is 254 g/mol. The summed E-state index contributed by atoms with van der Waals surface area (Å²) in [5.74, 6) is -0.339. The zero-order valence-corrected chi connectivity index (χ0v) is 12.5. The van der Waals surface area contributed by atoms with Crippen LogP contribution >= 0.6 is 0 Å². The minimum atomic E-state index is -2.37. The summed E-state index contributed by atoms with van der Waals surface area (Å²) in [6.45, 7) is 7.84. The maximum Gasteiger partial charge on any atom is 0.326 e. The molecule has 6 heteroatoms. The van der Waals surface area contributed by atoms with Crippen LogP contribution in [0.1, 0.15) is 34.1 Å². The topological polar surface area (TPSA) is 41.6 Å². The smallest absolute Gasteiger partial charge is 0.326 e. The molecule has 0 rings (SSSR count). The van der Waals surface area contributed by atoms with Crippen molar-refractivity contribution in [2.75, 3.05) is 26.7 Å². The minimum Gasteiger partial charge on any atom is -0.465 e. The number of likely N-dealkylation sites (N-methyl/N-ethyl adjacent to an activating group) is 1. The first-order valence-corrected chi connectivity index (χ1v) is 6.67. The fraction of sp³-hybridized carbons (Fsp3) is 0.923. The summed E-state index contributed by atoms with van der Waals surface area (Å²) in [5, 5.41) is 3.09. The highest BCUT2D eigenvalue weighted by Crippen LogP contribution is 2.18. The van der Waals surface area contributed by atoms with Gasteiger partial charge in [0.1, 0.15) is 5.54 Å². The molecule has 4 nitrogen and oxygen atoms in total. The molecule has 0 aromatic carbocycles. The van der Waals surface area contributed by atoms with Gasteiger partial charge in [0.05, 0.1) is 13.2 Å². The van der Waals surface area contributed by atoms with Crippen LogP contribution in [-0.2, 0) is 9.53 Å². The zero-order valence-electron chi connectivity index (χ0n) is 12.5. The first-order chi connectivity index (χ1) is 8.76. The Morgan fingerprint density at radius 3 is 2.42 bits per heavy atom. The van der Waals surface area contributed by atoms with Crippen molar-refractivity contribution in [1.82, 2.24) is 10.2 Å². The third-order valence-corrected chi connectivity index (χ3v) is 3.18. The van der Waals surface area contributed by atoms with Crippen molar-refractivity contribution in [1.29, 1.82) is 0 Å². The van der Waals surface area contributed by atoms with Crippen molar-refractivity contribution in [3.8, 4) is 0 Å². The molecule has 0 spiro atoms. The molecule has 0 saturated carbocycles. The maximum atomic E-state index is 12.4. The third kappa shape index (κ3) is 6.29. The molecular formula is C13H26F2N2O2. The Labute approximate surface area is 114 Å². The van der Waals surface area contributed by atoms with Gasteiger partial charge in [0.25, 0.3) is 6.43 Å².